The highest BCUT2D eigenvalue weighted by molar-refractivity contribution is 6.38. The van der Waals surface area contributed by atoms with E-state index in [1.807, 2.05) is 66.7 Å². The minimum atomic E-state index is -1.03. The zero-order valence-electron chi connectivity index (χ0n) is 19.3. The van der Waals surface area contributed by atoms with Crippen LogP contribution in [0.25, 0.3) is 0 Å². The van der Waals surface area contributed by atoms with E-state index < -0.39 is 35.8 Å². The number of nitrogens with zero attached hydrogens (tertiary/aromatic N) is 1. The van der Waals surface area contributed by atoms with E-state index >= 15 is 0 Å². The van der Waals surface area contributed by atoms with Crippen LogP contribution < -0.4 is 10.6 Å². The molecule has 0 radical (unpaired) electrons. The Morgan fingerprint density at radius 1 is 0.824 bits per heavy atom. The molecule has 1 heterocycles. The van der Waals surface area contributed by atoms with E-state index in [4.69, 9.17) is 4.74 Å². The second kappa shape index (κ2) is 12.4. The third-order valence-electron chi connectivity index (χ3n) is 5.33. The second-order valence-corrected chi connectivity index (χ2v) is 8.00. The second-order valence-electron chi connectivity index (χ2n) is 8.00. The lowest BCUT2D eigenvalue weighted by molar-refractivity contribution is -0.142. The smallest absolute Gasteiger partial charge is 0.290 e. The summed E-state index contributed by atoms with van der Waals surface area (Å²) in [5.74, 6) is -1.97. The van der Waals surface area contributed by atoms with Gasteiger partial charge in [-0.15, -0.1) is 0 Å². The maximum Gasteiger partial charge on any atom is 0.290 e. The van der Waals surface area contributed by atoms with Gasteiger partial charge in [-0.1, -0.05) is 66.7 Å². The van der Waals surface area contributed by atoms with Gasteiger partial charge in [0.15, 0.2) is 0 Å². The SMILES string of the molecule is C[C@@H](OCc1ccccc1)C(=O)N[C@H](Cc1ccccc1)C(=O)C(=O)N[C@H](C)c1ccccn1. The molecule has 3 rings (SSSR count). The number of Topliss-reactive ketones (excluding diaryl/α,β-unsaturated/α-hetero) is 1. The highest BCUT2D eigenvalue weighted by Crippen LogP contribution is 2.10. The molecule has 1 aromatic heterocycles. The number of carbonyl (C=O) groups is 3. The van der Waals surface area contributed by atoms with Crippen molar-refractivity contribution >= 4 is 17.6 Å². The summed E-state index contributed by atoms with van der Waals surface area (Å²) < 4.78 is 5.67. The van der Waals surface area contributed by atoms with Crippen LogP contribution >= 0.6 is 0 Å². The molecule has 176 valence electrons. The first-order valence-corrected chi connectivity index (χ1v) is 11.2. The Kier molecular flexibility index (Phi) is 9.05. The van der Waals surface area contributed by atoms with Gasteiger partial charge in [0.1, 0.15) is 12.1 Å². The molecule has 3 aromatic rings. The van der Waals surface area contributed by atoms with Crippen LogP contribution in [0.1, 0.15) is 36.7 Å². The van der Waals surface area contributed by atoms with Gasteiger partial charge < -0.3 is 15.4 Å². The molecule has 7 heteroatoms. The number of benzene rings is 2. The normalized spacial score (nSPS) is 13.4. The van der Waals surface area contributed by atoms with Gasteiger partial charge >= 0.3 is 0 Å². The minimum absolute atomic E-state index is 0.183. The zero-order valence-corrected chi connectivity index (χ0v) is 19.3. The summed E-state index contributed by atoms with van der Waals surface area (Å²) in [4.78, 5) is 42.8. The van der Waals surface area contributed by atoms with Crippen LogP contribution in [-0.4, -0.2) is 34.7 Å². The van der Waals surface area contributed by atoms with E-state index in [2.05, 4.69) is 15.6 Å². The maximum atomic E-state index is 13.1. The van der Waals surface area contributed by atoms with Crippen LogP contribution in [0.15, 0.2) is 85.1 Å². The summed E-state index contributed by atoms with van der Waals surface area (Å²) in [6.45, 7) is 3.62. The van der Waals surface area contributed by atoms with Gasteiger partial charge in [-0.25, -0.2) is 0 Å². The Labute approximate surface area is 199 Å². The van der Waals surface area contributed by atoms with E-state index in [-0.39, 0.29) is 13.0 Å². The predicted molar refractivity (Wildman–Crippen MR) is 129 cm³/mol. The highest BCUT2D eigenvalue weighted by atomic mass is 16.5. The molecule has 0 unspecified atom stereocenters. The van der Waals surface area contributed by atoms with Gasteiger partial charge in [0.25, 0.3) is 5.91 Å². The average molecular weight is 460 g/mol. The molecule has 7 nitrogen and oxygen atoms in total. The Hall–Kier alpha value is -3.84. The first-order chi connectivity index (χ1) is 16.4. The minimum Gasteiger partial charge on any atom is -0.364 e. The number of hydrogen-bond donors (Lipinski definition) is 2. The molecule has 0 aliphatic heterocycles. The molecule has 0 aliphatic rings. The number of ether oxygens (including phenoxy) is 1. The van der Waals surface area contributed by atoms with Gasteiger partial charge in [0.2, 0.25) is 11.7 Å². The van der Waals surface area contributed by atoms with E-state index in [0.717, 1.165) is 11.1 Å². The number of pyridine rings is 1. The monoisotopic (exact) mass is 459 g/mol. The lowest BCUT2D eigenvalue weighted by atomic mass is 10.0. The molecule has 34 heavy (non-hydrogen) atoms. The molecule has 0 fully saturated rings. The number of amides is 2. The largest absolute Gasteiger partial charge is 0.364 e. The molecule has 2 amide bonds. The summed E-state index contributed by atoms with van der Waals surface area (Å²) >= 11 is 0. The van der Waals surface area contributed by atoms with Crippen LogP contribution in [0.3, 0.4) is 0 Å². The average Bonchev–Trinajstić information content (AvgIpc) is 2.88. The fraction of sp³-hybridized carbons (Fsp3) is 0.259. The van der Waals surface area contributed by atoms with E-state index in [0.29, 0.717) is 5.69 Å². The van der Waals surface area contributed by atoms with Gasteiger partial charge in [0, 0.05) is 12.6 Å². The van der Waals surface area contributed by atoms with Gasteiger partial charge in [-0.3, -0.25) is 19.4 Å². The van der Waals surface area contributed by atoms with Crippen LogP contribution in [0.5, 0.6) is 0 Å². The molecule has 2 N–H and O–H groups in total. The van der Waals surface area contributed by atoms with Gasteiger partial charge in [-0.2, -0.15) is 0 Å². The molecule has 0 aliphatic carbocycles. The van der Waals surface area contributed by atoms with Crippen molar-refractivity contribution in [3.63, 3.8) is 0 Å². The van der Waals surface area contributed by atoms with Crippen molar-refractivity contribution in [1.82, 2.24) is 15.6 Å². The lowest BCUT2D eigenvalue weighted by Gasteiger charge is -2.21. The Bertz CT molecular complexity index is 1070. The van der Waals surface area contributed by atoms with Crippen molar-refractivity contribution in [2.75, 3.05) is 0 Å². The fourth-order valence-corrected chi connectivity index (χ4v) is 3.35. The Balaban J connectivity index is 1.66. The fourth-order valence-electron chi connectivity index (χ4n) is 3.35. The molecule has 0 saturated carbocycles. The predicted octanol–water partition coefficient (Wildman–Crippen LogP) is 3.16. The zero-order chi connectivity index (χ0) is 24.3. The van der Waals surface area contributed by atoms with Crippen LogP contribution in [0, 0.1) is 0 Å². The number of carbonyl (C=O) groups excluding carboxylic acids is 3. The van der Waals surface area contributed by atoms with E-state index in [1.165, 1.54) is 0 Å². The molecule has 2 aromatic carbocycles. The third kappa shape index (κ3) is 7.35. The number of rotatable bonds is 11. The van der Waals surface area contributed by atoms with Crippen LogP contribution in [0.4, 0.5) is 0 Å². The molecule has 0 spiro atoms. The Morgan fingerprint density at radius 3 is 2.06 bits per heavy atom. The highest BCUT2D eigenvalue weighted by Gasteiger charge is 2.30. The Morgan fingerprint density at radius 2 is 1.44 bits per heavy atom. The van der Waals surface area contributed by atoms with Gasteiger partial charge in [-0.05, 0) is 37.1 Å². The molecule has 0 saturated heterocycles. The number of ketones is 1. The van der Waals surface area contributed by atoms with Crippen molar-refractivity contribution in [3.05, 3.63) is 102 Å². The lowest BCUT2D eigenvalue weighted by Crippen LogP contribution is -2.51. The maximum absolute atomic E-state index is 13.1. The van der Waals surface area contributed by atoms with Crippen molar-refractivity contribution in [1.29, 1.82) is 0 Å². The number of aromatic nitrogens is 1. The summed E-state index contributed by atoms with van der Waals surface area (Å²) in [6, 6.07) is 22.6. The standard InChI is InChI=1S/C27H29N3O4/c1-19(23-15-9-10-16-28-23)29-27(33)25(31)24(17-21-11-5-3-6-12-21)30-26(32)20(2)34-18-22-13-7-4-8-14-22/h3-16,19-20,24H,17-18H2,1-2H3,(H,29,33)(H,30,32)/t19-,20-,24-/m1/s1. The summed E-state index contributed by atoms with van der Waals surface area (Å²) in [5.41, 5.74) is 2.39. The van der Waals surface area contributed by atoms with E-state index in [9.17, 15) is 14.4 Å². The van der Waals surface area contributed by atoms with Crippen molar-refractivity contribution in [2.24, 2.45) is 0 Å². The quantitative estimate of drug-likeness (QED) is 0.429. The summed E-state index contributed by atoms with van der Waals surface area (Å²) in [6.07, 6.45) is 0.999. The molecule has 0 bridgehead atoms. The van der Waals surface area contributed by atoms with Crippen LogP contribution in [0.2, 0.25) is 0 Å². The van der Waals surface area contributed by atoms with E-state index in [1.54, 1.807) is 32.2 Å². The first kappa shape index (κ1) is 24.8. The summed E-state index contributed by atoms with van der Waals surface area (Å²) in [7, 11) is 0. The summed E-state index contributed by atoms with van der Waals surface area (Å²) in [5, 5.41) is 5.38. The molecule has 3 atom stereocenters. The van der Waals surface area contributed by atoms with Crippen molar-refractivity contribution < 1.29 is 19.1 Å². The van der Waals surface area contributed by atoms with Crippen molar-refractivity contribution in [2.45, 2.75) is 45.1 Å². The molecular weight excluding hydrogens is 430 g/mol. The number of nitrogens with one attached hydrogen (secondary N) is 2. The first-order valence-electron chi connectivity index (χ1n) is 11.2. The third-order valence-corrected chi connectivity index (χ3v) is 5.33. The molecular formula is C27H29N3O4. The topological polar surface area (TPSA) is 97.4 Å². The van der Waals surface area contributed by atoms with Gasteiger partial charge in [0.05, 0.1) is 18.3 Å². The van der Waals surface area contributed by atoms with Crippen molar-refractivity contribution in [3.8, 4) is 0 Å². The number of hydrogen-bond acceptors (Lipinski definition) is 5. The van der Waals surface area contributed by atoms with Crippen LogP contribution in [-0.2, 0) is 32.1 Å².